The predicted molar refractivity (Wildman–Crippen MR) is 91.8 cm³/mol. The molecule has 7 nitrogen and oxygen atoms in total. The fraction of sp³-hybridized carbons (Fsp3) is 0.412. The third-order valence-electron chi connectivity index (χ3n) is 4.32. The zero-order chi connectivity index (χ0) is 18.2. The molecule has 8 heteroatoms. The maximum atomic E-state index is 12.9. The molecule has 0 saturated carbocycles. The van der Waals surface area contributed by atoms with Crippen molar-refractivity contribution >= 4 is 15.9 Å². The van der Waals surface area contributed by atoms with E-state index in [-0.39, 0.29) is 24.7 Å². The molecule has 2 heterocycles. The van der Waals surface area contributed by atoms with Crippen molar-refractivity contribution in [3.8, 4) is 0 Å². The Labute approximate surface area is 147 Å². The highest BCUT2D eigenvalue weighted by atomic mass is 32.2. The number of hydrogen-bond acceptors (Lipinski definition) is 5. The van der Waals surface area contributed by atoms with Crippen LogP contribution in [-0.4, -0.2) is 54.9 Å². The van der Waals surface area contributed by atoms with Crippen molar-refractivity contribution in [1.82, 2.24) is 14.4 Å². The van der Waals surface area contributed by atoms with Gasteiger partial charge in [0.25, 0.3) is 5.91 Å². The third-order valence-corrected chi connectivity index (χ3v) is 6.38. The average molecular weight is 363 g/mol. The highest BCUT2D eigenvalue weighted by Crippen LogP contribution is 2.22. The monoisotopic (exact) mass is 363 g/mol. The van der Waals surface area contributed by atoms with E-state index in [1.807, 2.05) is 13.0 Å². The summed E-state index contributed by atoms with van der Waals surface area (Å²) >= 11 is 0. The third kappa shape index (κ3) is 3.45. The molecule has 1 fully saturated rings. The number of hydrogen-bond donors (Lipinski definition) is 0. The number of benzene rings is 1. The van der Waals surface area contributed by atoms with E-state index in [0.29, 0.717) is 23.7 Å². The second-order valence-electron chi connectivity index (χ2n) is 6.29. The van der Waals surface area contributed by atoms with Gasteiger partial charge in [0, 0.05) is 32.2 Å². The van der Waals surface area contributed by atoms with Gasteiger partial charge in [-0.25, -0.2) is 8.42 Å². The van der Waals surface area contributed by atoms with E-state index in [4.69, 9.17) is 4.52 Å². The quantitative estimate of drug-likeness (QED) is 0.829. The molecule has 2 aromatic rings. The van der Waals surface area contributed by atoms with Crippen LogP contribution in [0, 0.1) is 20.8 Å². The molecule has 134 valence electrons. The second kappa shape index (κ2) is 6.61. The number of carbonyl (C=O) groups excluding carboxylic acids is 1. The van der Waals surface area contributed by atoms with Crippen LogP contribution in [0.25, 0.3) is 0 Å². The van der Waals surface area contributed by atoms with Crippen molar-refractivity contribution in [2.75, 3.05) is 26.2 Å². The number of amides is 1. The lowest BCUT2D eigenvalue weighted by atomic mass is 10.2. The van der Waals surface area contributed by atoms with Gasteiger partial charge in [-0.05, 0) is 32.4 Å². The van der Waals surface area contributed by atoms with Crippen LogP contribution in [0.3, 0.4) is 0 Å². The van der Waals surface area contributed by atoms with E-state index in [0.717, 1.165) is 11.1 Å². The van der Waals surface area contributed by atoms with Crippen molar-refractivity contribution in [3.05, 3.63) is 46.8 Å². The molecule has 3 rings (SSSR count). The first-order valence-electron chi connectivity index (χ1n) is 8.09. The van der Waals surface area contributed by atoms with Crippen LogP contribution in [0.2, 0.25) is 0 Å². The lowest BCUT2D eigenvalue weighted by Crippen LogP contribution is -2.50. The maximum Gasteiger partial charge on any atom is 0.276 e. The first-order valence-corrected chi connectivity index (χ1v) is 9.53. The second-order valence-corrected chi connectivity index (χ2v) is 8.19. The van der Waals surface area contributed by atoms with Crippen LogP contribution in [0.15, 0.2) is 33.7 Å². The van der Waals surface area contributed by atoms with E-state index < -0.39 is 10.0 Å². The molecule has 1 amide bonds. The Morgan fingerprint density at radius 2 is 1.76 bits per heavy atom. The summed E-state index contributed by atoms with van der Waals surface area (Å²) < 4.78 is 32.1. The Kier molecular flexibility index (Phi) is 4.66. The van der Waals surface area contributed by atoms with Gasteiger partial charge in [-0.3, -0.25) is 4.79 Å². The standard InChI is InChI=1S/C17H21N3O4S/c1-12-4-5-16(13(2)10-12)25(22,23)20-8-6-19(7-9-20)17(21)15-11-14(3)24-18-15/h4-5,10-11H,6-9H2,1-3H3. The van der Waals surface area contributed by atoms with Gasteiger partial charge in [-0.2, -0.15) is 4.31 Å². The highest BCUT2D eigenvalue weighted by Gasteiger charge is 2.31. The molecule has 1 aromatic heterocycles. The normalized spacial score (nSPS) is 16.2. The number of rotatable bonds is 3. The highest BCUT2D eigenvalue weighted by molar-refractivity contribution is 7.89. The zero-order valence-electron chi connectivity index (χ0n) is 14.5. The molecule has 0 atom stereocenters. The predicted octanol–water partition coefficient (Wildman–Crippen LogP) is 1.75. The van der Waals surface area contributed by atoms with Crippen molar-refractivity contribution < 1.29 is 17.7 Å². The maximum absolute atomic E-state index is 12.9. The molecule has 1 aromatic carbocycles. The van der Waals surface area contributed by atoms with Gasteiger partial charge in [-0.1, -0.05) is 22.9 Å². The fourth-order valence-electron chi connectivity index (χ4n) is 2.99. The van der Waals surface area contributed by atoms with Crippen LogP contribution >= 0.6 is 0 Å². The lowest BCUT2D eigenvalue weighted by molar-refractivity contribution is 0.0687. The van der Waals surface area contributed by atoms with Gasteiger partial charge in [0.1, 0.15) is 5.76 Å². The minimum absolute atomic E-state index is 0.236. The van der Waals surface area contributed by atoms with Crippen molar-refractivity contribution in [2.24, 2.45) is 0 Å². The zero-order valence-corrected chi connectivity index (χ0v) is 15.3. The van der Waals surface area contributed by atoms with Gasteiger partial charge >= 0.3 is 0 Å². The Morgan fingerprint density at radius 1 is 1.08 bits per heavy atom. The van der Waals surface area contributed by atoms with E-state index >= 15 is 0 Å². The summed E-state index contributed by atoms with van der Waals surface area (Å²) in [6, 6.07) is 6.89. The van der Waals surface area contributed by atoms with Gasteiger partial charge in [0.05, 0.1) is 4.90 Å². The van der Waals surface area contributed by atoms with Crippen LogP contribution in [0.1, 0.15) is 27.4 Å². The number of aromatic nitrogens is 1. The number of aryl methyl sites for hydroxylation is 3. The molecule has 1 aliphatic rings. The van der Waals surface area contributed by atoms with Crippen LogP contribution in [0.4, 0.5) is 0 Å². The molecule has 0 N–H and O–H groups in total. The minimum Gasteiger partial charge on any atom is -0.361 e. The van der Waals surface area contributed by atoms with Crippen LogP contribution < -0.4 is 0 Å². The summed E-state index contributed by atoms with van der Waals surface area (Å²) in [5, 5.41) is 3.73. The number of piperazine rings is 1. The molecule has 0 radical (unpaired) electrons. The summed E-state index contributed by atoms with van der Waals surface area (Å²) in [6.07, 6.45) is 0. The molecular formula is C17H21N3O4S. The van der Waals surface area contributed by atoms with Crippen LogP contribution in [0.5, 0.6) is 0 Å². The number of carbonyl (C=O) groups is 1. The van der Waals surface area contributed by atoms with Gasteiger partial charge < -0.3 is 9.42 Å². The molecule has 0 unspecified atom stereocenters. The molecule has 0 spiro atoms. The summed E-state index contributed by atoms with van der Waals surface area (Å²) in [4.78, 5) is 14.3. The smallest absolute Gasteiger partial charge is 0.276 e. The number of nitrogens with zero attached hydrogens (tertiary/aromatic N) is 3. The Bertz CT molecular complexity index is 896. The van der Waals surface area contributed by atoms with E-state index in [9.17, 15) is 13.2 Å². The van der Waals surface area contributed by atoms with Crippen molar-refractivity contribution in [3.63, 3.8) is 0 Å². The van der Waals surface area contributed by atoms with Crippen molar-refractivity contribution in [1.29, 1.82) is 0 Å². The topological polar surface area (TPSA) is 83.7 Å². The molecule has 25 heavy (non-hydrogen) atoms. The fourth-order valence-corrected chi connectivity index (χ4v) is 4.62. The largest absolute Gasteiger partial charge is 0.361 e. The Morgan fingerprint density at radius 3 is 2.32 bits per heavy atom. The summed E-state index contributed by atoms with van der Waals surface area (Å²) in [5.74, 6) is 0.333. The first kappa shape index (κ1) is 17.6. The summed E-state index contributed by atoms with van der Waals surface area (Å²) in [6.45, 7) is 6.63. The minimum atomic E-state index is -3.56. The summed E-state index contributed by atoms with van der Waals surface area (Å²) in [5.41, 5.74) is 2.01. The van der Waals surface area contributed by atoms with E-state index in [1.54, 1.807) is 36.9 Å². The average Bonchev–Trinajstić information content (AvgIpc) is 3.00. The Balaban J connectivity index is 1.72. The van der Waals surface area contributed by atoms with Crippen molar-refractivity contribution in [2.45, 2.75) is 25.7 Å². The lowest BCUT2D eigenvalue weighted by Gasteiger charge is -2.33. The molecular weight excluding hydrogens is 342 g/mol. The molecule has 1 aliphatic heterocycles. The van der Waals surface area contributed by atoms with Crippen LogP contribution in [-0.2, 0) is 10.0 Å². The first-order chi connectivity index (χ1) is 11.8. The van der Waals surface area contributed by atoms with Gasteiger partial charge in [0.15, 0.2) is 5.69 Å². The van der Waals surface area contributed by atoms with Gasteiger partial charge in [0.2, 0.25) is 10.0 Å². The van der Waals surface area contributed by atoms with E-state index in [1.165, 1.54) is 4.31 Å². The van der Waals surface area contributed by atoms with E-state index in [2.05, 4.69) is 5.16 Å². The Hall–Kier alpha value is -2.19. The molecule has 1 saturated heterocycles. The van der Waals surface area contributed by atoms with Gasteiger partial charge in [-0.15, -0.1) is 0 Å². The number of sulfonamides is 1. The molecule has 0 bridgehead atoms. The summed E-state index contributed by atoms with van der Waals surface area (Å²) in [7, 11) is -3.56. The SMILES string of the molecule is Cc1ccc(S(=O)(=O)N2CCN(C(=O)c3cc(C)on3)CC2)c(C)c1. The molecule has 0 aliphatic carbocycles.